The van der Waals surface area contributed by atoms with E-state index in [0.29, 0.717) is 12.0 Å². The van der Waals surface area contributed by atoms with Crippen molar-refractivity contribution in [2.75, 3.05) is 11.9 Å². The molecule has 96 valence electrons. The Bertz CT molecular complexity index is 350. The maximum atomic E-state index is 4.40. The van der Waals surface area contributed by atoms with E-state index in [9.17, 15) is 0 Å². The Labute approximate surface area is 112 Å². The highest BCUT2D eigenvalue weighted by molar-refractivity contribution is 9.09. The van der Waals surface area contributed by atoms with Crippen molar-refractivity contribution in [1.82, 2.24) is 19.7 Å². The summed E-state index contributed by atoms with van der Waals surface area (Å²) >= 11 is 3.60. The second-order valence-electron chi connectivity index (χ2n) is 5.17. The standard InChI is InChI=1S/C12H21BrN4/c1-10(2)7-17-12(14-9-15-17)8-16-5-3-4-11(16)6-13/h9-11H,3-8H2,1-2H3. The predicted molar refractivity (Wildman–Crippen MR) is 72.1 cm³/mol. The fraction of sp³-hybridized carbons (Fsp3) is 0.833. The van der Waals surface area contributed by atoms with Crippen molar-refractivity contribution in [3.63, 3.8) is 0 Å². The molecular formula is C12H21BrN4. The molecule has 0 radical (unpaired) electrons. The molecule has 1 aromatic rings. The highest BCUT2D eigenvalue weighted by Gasteiger charge is 2.24. The lowest BCUT2D eigenvalue weighted by molar-refractivity contribution is 0.250. The lowest BCUT2D eigenvalue weighted by Gasteiger charge is -2.22. The van der Waals surface area contributed by atoms with Crippen molar-refractivity contribution in [3.05, 3.63) is 12.2 Å². The van der Waals surface area contributed by atoms with Gasteiger partial charge in [-0.3, -0.25) is 4.90 Å². The molecule has 0 aliphatic carbocycles. The topological polar surface area (TPSA) is 34.0 Å². The molecule has 0 spiro atoms. The van der Waals surface area contributed by atoms with Crippen LogP contribution >= 0.6 is 15.9 Å². The number of aromatic nitrogens is 3. The van der Waals surface area contributed by atoms with Crippen molar-refractivity contribution >= 4 is 15.9 Å². The lowest BCUT2D eigenvalue weighted by atomic mass is 10.2. The number of alkyl halides is 1. The zero-order valence-electron chi connectivity index (χ0n) is 10.6. The molecule has 5 heteroatoms. The average Bonchev–Trinajstić information content (AvgIpc) is 2.88. The van der Waals surface area contributed by atoms with Gasteiger partial charge >= 0.3 is 0 Å². The van der Waals surface area contributed by atoms with Crippen molar-refractivity contribution in [1.29, 1.82) is 0 Å². The molecule has 1 aliphatic rings. The molecule has 0 aromatic carbocycles. The summed E-state index contributed by atoms with van der Waals surface area (Å²) in [6.45, 7) is 7.50. The summed E-state index contributed by atoms with van der Waals surface area (Å²) in [7, 11) is 0. The normalized spacial score (nSPS) is 21.5. The van der Waals surface area contributed by atoms with Gasteiger partial charge in [0.2, 0.25) is 0 Å². The quantitative estimate of drug-likeness (QED) is 0.783. The number of halogens is 1. The van der Waals surface area contributed by atoms with Crippen LogP contribution in [0.25, 0.3) is 0 Å². The summed E-state index contributed by atoms with van der Waals surface area (Å²) in [5.74, 6) is 1.72. The molecule has 1 atom stereocenters. The Hall–Kier alpha value is -0.420. The Morgan fingerprint density at radius 2 is 2.35 bits per heavy atom. The minimum atomic E-state index is 0.612. The molecule has 17 heavy (non-hydrogen) atoms. The average molecular weight is 301 g/mol. The fourth-order valence-electron chi connectivity index (χ4n) is 2.37. The molecule has 1 unspecified atom stereocenters. The van der Waals surface area contributed by atoms with E-state index in [-0.39, 0.29) is 0 Å². The van der Waals surface area contributed by atoms with Gasteiger partial charge in [-0.2, -0.15) is 5.10 Å². The van der Waals surface area contributed by atoms with E-state index in [1.54, 1.807) is 6.33 Å². The van der Waals surface area contributed by atoms with Crippen LogP contribution < -0.4 is 0 Å². The van der Waals surface area contributed by atoms with E-state index in [1.165, 1.54) is 19.4 Å². The summed E-state index contributed by atoms with van der Waals surface area (Å²) < 4.78 is 2.05. The summed E-state index contributed by atoms with van der Waals surface area (Å²) in [6.07, 6.45) is 4.27. The van der Waals surface area contributed by atoms with Crippen LogP contribution in [0, 0.1) is 5.92 Å². The zero-order valence-corrected chi connectivity index (χ0v) is 12.2. The summed E-state index contributed by atoms with van der Waals surface area (Å²) in [5.41, 5.74) is 0. The molecule has 4 nitrogen and oxygen atoms in total. The molecule has 2 rings (SSSR count). The van der Waals surface area contributed by atoms with Crippen molar-refractivity contribution < 1.29 is 0 Å². The number of rotatable bonds is 5. The highest BCUT2D eigenvalue weighted by Crippen LogP contribution is 2.20. The first-order valence-corrected chi connectivity index (χ1v) is 7.49. The van der Waals surface area contributed by atoms with Gasteiger partial charge < -0.3 is 0 Å². The highest BCUT2D eigenvalue weighted by atomic mass is 79.9. The SMILES string of the molecule is CC(C)Cn1ncnc1CN1CCCC1CBr. The third-order valence-corrected chi connectivity index (χ3v) is 4.00. The summed E-state index contributed by atoms with van der Waals surface area (Å²) in [5, 5.41) is 5.38. The van der Waals surface area contributed by atoms with Crippen LogP contribution in [-0.4, -0.2) is 37.6 Å². The number of hydrogen-bond acceptors (Lipinski definition) is 3. The van der Waals surface area contributed by atoms with E-state index in [1.807, 2.05) is 4.68 Å². The van der Waals surface area contributed by atoms with Gasteiger partial charge in [0, 0.05) is 17.9 Å². The van der Waals surface area contributed by atoms with Crippen LogP contribution in [0.3, 0.4) is 0 Å². The van der Waals surface area contributed by atoms with Crippen molar-refractivity contribution in [2.24, 2.45) is 5.92 Å². The Kier molecular flexibility index (Phi) is 4.56. The molecule has 0 bridgehead atoms. The van der Waals surface area contributed by atoms with Crippen LogP contribution in [0.5, 0.6) is 0 Å². The molecule has 0 saturated carbocycles. The van der Waals surface area contributed by atoms with Crippen LogP contribution in [0.2, 0.25) is 0 Å². The number of hydrogen-bond donors (Lipinski definition) is 0. The minimum Gasteiger partial charge on any atom is -0.292 e. The molecule has 1 saturated heterocycles. The van der Waals surface area contributed by atoms with Gasteiger partial charge in [0.05, 0.1) is 6.54 Å². The maximum absolute atomic E-state index is 4.40. The van der Waals surface area contributed by atoms with Crippen molar-refractivity contribution in [3.8, 4) is 0 Å². The minimum absolute atomic E-state index is 0.612. The Balaban J connectivity index is 2.00. The van der Waals surface area contributed by atoms with E-state index in [2.05, 4.69) is 44.8 Å². The monoisotopic (exact) mass is 300 g/mol. The third kappa shape index (κ3) is 3.28. The third-order valence-electron chi connectivity index (χ3n) is 3.26. The first-order chi connectivity index (χ1) is 8.20. The van der Waals surface area contributed by atoms with E-state index >= 15 is 0 Å². The van der Waals surface area contributed by atoms with Crippen molar-refractivity contribution in [2.45, 2.75) is 45.8 Å². The van der Waals surface area contributed by atoms with Gasteiger partial charge in [-0.15, -0.1) is 0 Å². The van der Waals surface area contributed by atoms with Gasteiger partial charge in [0.25, 0.3) is 0 Å². The Morgan fingerprint density at radius 1 is 1.53 bits per heavy atom. The second kappa shape index (κ2) is 5.96. The van der Waals surface area contributed by atoms with Gasteiger partial charge in [-0.1, -0.05) is 29.8 Å². The van der Waals surface area contributed by atoms with E-state index < -0.39 is 0 Å². The molecular weight excluding hydrogens is 280 g/mol. The molecule has 1 aromatic heterocycles. The molecule has 0 N–H and O–H groups in total. The zero-order chi connectivity index (χ0) is 12.3. The van der Waals surface area contributed by atoms with Gasteiger partial charge in [0.15, 0.2) is 0 Å². The smallest absolute Gasteiger partial charge is 0.141 e. The summed E-state index contributed by atoms with van der Waals surface area (Å²) in [6, 6.07) is 0.666. The van der Waals surface area contributed by atoms with Crippen LogP contribution in [-0.2, 0) is 13.1 Å². The van der Waals surface area contributed by atoms with Crippen LogP contribution in [0.15, 0.2) is 6.33 Å². The first-order valence-electron chi connectivity index (χ1n) is 6.37. The number of nitrogens with zero attached hydrogens (tertiary/aromatic N) is 4. The predicted octanol–water partition coefficient (Wildman–Crippen LogP) is 2.29. The van der Waals surface area contributed by atoms with E-state index in [4.69, 9.17) is 0 Å². The van der Waals surface area contributed by atoms with Gasteiger partial charge in [0.1, 0.15) is 12.2 Å². The van der Waals surface area contributed by atoms with Gasteiger partial charge in [-0.25, -0.2) is 9.67 Å². The second-order valence-corrected chi connectivity index (χ2v) is 5.82. The fourth-order valence-corrected chi connectivity index (χ4v) is 3.10. The molecule has 1 aliphatic heterocycles. The van der Waals surface area contributed by atoms with Crippen LogP contribution in [0.4, 0.5) is 0 Å². The van der Waals surface area contributed by atoms with Crippen LogP contribution in [0.1, 0.15) is 32.5 Å². The van der Waals surface area contributed by atoms with E-state index in [0.717, 1.165) is 24.2 Å². The molecule has 0 amide bonds. The lowest BCUT2D eigenvalue weighted by Crippen LogP contribution is -2.31. The Morgan fingerprint density at radius 3 is 3.06 bits per heavy atom. The molecule has 1 fully saturated rings. The van der Waals surface area contributed by atoms with Gasteiger partial charge in [-0.05, 0) is 25.3 Å². The summed E-state index contributed by atoms with van der Waals surface area (Å²) in [4.78, 5) is 6.91. The first kappa shape index (κ1) is 13.0. The molecule has 2 heterocycles. The maximum Gasteiger partial charge on any atom is 0.141 e. The number of likely N-dealkylation sites (tertiary alicyclic amines) is 1. The largest absolute Gasteiger partial charge is 0.292 e.